The summed E-state index contributed by atoms with van der Waals surface area (Å²) in [5.41, 5.74) is 7.44. The molecule has 44 valence electrons. The van der Waals surface area contributed by atoms with Crippen LogP contribution in [0.2, 0.25) is 0 Å². The fraction of sp³-hybridized carbons (Fsp3) is 0.600. The van der Waals surface area contributed by atoms with Crippen molar-refractivity contribution in [2.75, 3.05) is 0 Å². The Morgan fingerprint density at radius 2 is 1.29 bits per heavy atom. The standard InChI is InChI=1S/C5H11N.H3N/c1-4(2)5(3)6;/h6H2,1-3H3;1H3. The van der Waals surface area contributed by atoms with Crippen molar-refractivity contribution in [1.82, 2.24) is 6.15 Å². The highest BCUT2D eigenvalue weighted by Crippen LogP contribution is 1.90. The van der Waals surface area contributed by atoms with Gasteiger partial charge in [0, 0.05) is 5.70 Å². The number of nitrogens with two attached hydrogens (primary N) is 1. The SMILES string of the molecule is CC(C)=C(C)N.N. The molecule has 0 spiro atoms. The first kappa shape index (κ1) is 9.71. The van der Waals surface area contributed by atoms with Crippen molar-refractivity contribution in [1.29, 1.82) is 0 Å². The molecule has 0 heterocycles. The van der Waals surface area contributed by atoms with E-state index in [4.69, 9.17) is 5.73 Å². The van der Waals surface area contributed by atoms with Crippen LogP contribution in [-0.2, 0) is 0 Å². The third-order valence-corrected chi connectivity index (χ3v) is 0.789. The van der Waals surface area contributed by atoms with Gasteiger partial charge in [0.25, 0.3) is 0 Å². The highest BCUT2D eigenvalue weighted by atomic mass is 14.5. The average Bonchev–Trinajstić information content (AvgIpc) is 1.36. The number of rotatable bonds is 0. The molecular formula is C5H14N2. The van der Waals surface area contributed by atoms with Gasteiger partial charge < -0.3 is 11.9 Å². The Kier molecular flexibility index (Phi) is 5.11. The zero-order valence-electron chi connectivity index (χ0n) is 5.28. The summed E-state index contributed by atoms with van der Waals surface area (Å²) in [7, 11) is 0. The zero-order valence-corrected chi connectivity index (χ0v) is 5.28. The van der Waals surface area contributed by atoms with Gasteiger partial charge >= 0.3 is 0 Å². The van der Waals surface area contributed by atoms with E-state index < -0.39 is 0 Å². The van der Waals surface area contributed by atoms with Gasteiger partial charge in [-0.05, 0) is 20.8 Å². The minimum absolute atomic E-state index is 0. The molecule has 0 bridgehead atoms. The molecule has 0 aromatic rings. The molecule has 0 aliphatic rings. The van der Waals surface area contributed by atoms with Gasteiger partial charge in [-0.25, -0.2) is 0 Å². The van der Waals surface area contributed by atoms with Gasteiger partial charge in [0.1, 0.15) is 0 Å². The van der Waals surface area contributed by atoms with Crippen LogP contribution < -0.4 is 11.9 Å². The largest absolute Gasteiger partial charge is 0.402 e. The molecule has 0 aliphatic carbocycles. The fourth-order valence-electron chi connectivity index (χ4n) is 0. The van der Waals surface area contributed by atoms with Gasteiger partial charge in [0.05, 0.1) is 0 Å². The number of hydrogen-bond donors (Lipinski definition) is 2. The quantitative estimate of drug-likeness (QED) is 0.486. The first-order chi connectivity index (χ1) is 2.64. The number of allylic oxidation sites excluding steroid dienone is 2. The Hall–Kier alpha value is -0.500. The predicted octanol–water partition coefficient (Wildman–Crippen LogP) is 1.42. The summed E-state index contributed by atoms with van der Waals surface area (Å²) >= 11 is 0. The van der Waals surface area contributed by atoms with Crippen LogP contribution in [0.4, 0.5) is 0 Å². The summed E-state index contributed by atoms with van der Waals surface area (Å²) in [5.74, 6) is 0. The van der Waals surface area contributed by atoms with Crippen molar-refractivity contribution in [2.45, 2.75) is 20.8 Å². The lowest BCUT2D eigenvalue weighted by Crippen LogP contribution is -1.91. The highest BCUT2D eigenvalue weighted by molar-refractivity contribution is 5.00. The van der Waals surface area contributed by atoms with E-state index >= 15 is 0 Å². The van der Waals surface area contributed by atoms with Gasteiger partial charge in [-0.3, -0.25) is 0 Å². The molecule has 0 saturated carbocycles. The zero-order chi connectivity index (χ0) is 5.15. The lowest BCUT2D eigenvalue weighted by atomic mass is 10.3. The van der Waals surface area contributed by atoms with Crippen molar-refractivity contribution in [3.63, 3.8) is 0 Å². The summed E-state index contributed by atoms with van der Waals surface area (Å²) in [6.45, 7) is 5.89. The molecule has 0 aliphatic heterocycles. The molecule has 0 fully saturated rings. The summed E-state index contributed by atoms with van der Waals surface area (Å²) in [4.78, 5) is 0. The van der Waals surface area contributed by atoms with E-state index in [1.165, 1.54) is 5.57 Å². The molecular weight excluding hydrogens is 88.1 g/mol. The van der Waals surface area contributed by atoms with Crippen molar-refractivity contribution < 1.29 is 0 Å². The molecule has 0 unspecified atom stereocenters. The van der Waals surface area contributed by atoms with E-state index in [-0.39, 0.29) is 6.15 Å². The molecule has 0 aromatic carbocycles. The van der Waals surface area contributed by atoms with E-state index in [1.54, 1.807) is 0 Å². The lowest BCUT2D eigenvalue weighted by molar-refractivity contribution is 1.19. The Bertz CT molecular complexity index is 56.1. The molecule has 0 radical (unpaired) electrons. The highest BCUT2D eigenvalue weighted by Gasteiger charge is 1.75. The maximum Gasteiger partial charge on any atom is 0.00351 e. The van der Waals surface area contributed by atoms with Crippen molar-refractivity contribution in [3.8, 4) is 0 Å². The summed E-state index contributed by atoms with van der Waals surface area (Å²) < 4.78 is 0. The second kappa shape index (κ2) is 3.68. The van der Waals surface area contributed by atoms with Crippen LogP contribution in [-0.4, -0.2) is 0 Å². The second-order valence-electron chi connectivity index (χ2n) is 1.68. The van der Waals surface area contributed by atoms with Crippen LogP contribution in [0, 0.1) is 0 Å². The van der Waals surface area contributed by atoms with E-state index in [9.17, 15) is 0 Å². The Labute approximate surface area is 45.0 Å². The minimum Gasteiger partial charge on any atom is -0.402 e. The van der Waals surface area contributed by atoms with Gasteiger partial charge in [0.2, 0.25) is 0 Å². The summed E-state index contributed by atoms with van der Waals surface area (Å²) in [6.07, 6.45) is 0. The first-order valence-electron chi connectivity index (χ1n) is 2.04. The van der Waals surface area contributed by atoms with Crippen LogP contribution in [0.25, 0.3) is 0 Å². The molecule has 0 rings (SSSR count). The van der Waals surface area contributed by atoms with E-state index in [1.807, 2.05) is 20.8 Å². The second-order valence-corrected chi connectivity index (χ2v) is 1.68. The monoisotopic (exact) mass is 102 g/mol. The molecule has 5 N–H and O–H groups in total. The number of hydrogen-bond acceptors (Lipinski definition) is 2. The average molecular weight is 102 g/mol. The van der Waals surface area contributed by atoms with Crippen LogP contribution in [0.5, 0.6) is 0 Å². The maximum atomic E-state index is 5.31. The molecule has 0 saturated heterocycles. The topological polar surface area (TPSA) is 61.0 Å². The molecule has 2 nitrogen and oxygen atoms in total. The summed E-state index contributed by atoms with van der Waals surface area (Å²) in [5, 5.41) is 0. The van der Waals surface area contributed by atoms with Gasteiger partial charge in [-0.15, -0.1) is 0 Å². The van der Waals surface area contributed by atoms with Crippen molar-refractivity contribution in [2.24, 2.45) is 5.73 Å². The van der Waals surface area contributed by atoms with Gasteiger partial charge in [-0.1, -0.05) is 5.57 Å². The third kappa shape index (κ3) is 5.50. The molecule has 7 heavy (non-hydrogen) atoms. The lowest BCUT2D eigenvalue weighted by Gasteiger charge is -1.88. The van der Waals surface area contributed by atoms with Crippen LogP contribution in [0.3, 0.4) is 0 Å². The fourth-order valence-corrected chi connectivity index (χ4v) is 0. The van der Waals surface area contributed by atoms with Gasteiger partial charge in [-0.2, -0.15) is 0 Å². The van der Waals surface area contributed by atoms with E-state index in [2.05, 4.69) is 0 Å². The summed E-state index contributed by atoms with van der Waals surface area (Å²) in [6, 6.07) is 0. The van der Waals surface area contributed by atoms with Crippen LogP contribution in [0.1, 0.15) is 20.8 Å². The van der Waals surface area contributed by atoms with Crippen LogP contribution in [0.15, 0.2) is 11.3 Å². The Morgan fingerprint density at radius 1 is 1.14 bits per heavy atom. The Morgan fingerprint density at radius 3 is 1.29 bits per heavy atom. The Balaban J connectivity index is 0. The minimum atomic E-state index is 0. The molecule has 2 heteroatoms. The van der Waals surface area contributed by atoms with E-state index in [0.29, 0.717) is 0 Å². The first-order valence-corrected chi connectivity index (χ1v) is 2.04. The van der Waals surface area contributed by atoms with E-state index in [0.717, 1.165) is 5.70 Å². The van der Waals surface area contributed by atoms with Crippen molar-refractivity contribution >= 4 is 0 Å². The van der Waals surface area contributed by atoms with Crippen molar-refractivity contribution in [3.05, 3.63) is 11.3 Å². The molecule has 0 atom stereocenters. The van der Waals surface area contributed by atoms with Gasteiger partial charge in [0.15, 0.2) is 0 Å². The third-order valence-electron chi connectivity index (χ3n) is 0.789. The predicted molar refractivity (Wildman–Crippen MR) is 33.3 cm³/mol. The normalized spacial score (nSPS) is 6.71. The maximum absolute atomic E-state index is 5.31. The molecule has 0 aromatic heterocycles. The van der Waals surface area contributed by atoms with Crippen LogP contribution >= 0.6 is 0 Å². The smallest absolute Gasteiger partial charge is 0.00351 e. The molecule has 0 amide bonds.